The highest BCUT2D eigenvalue weighted by molar-refractivity contribution is 7.11. The van der Waals surface area contributed by atoms with Crippen LogP contribution in [0.5, 0.6) is 0 Å². The summed E-state index contributed by atoms with van der Waals surface area (Å²) < 4.78 is 0. The smallest absolute Gasteiger partial charge is 0.0931 e. The van der Waals surface area contributed by atoms with Gasteiger partial charge in [-0.1, -0.05) is 20.8 Å². The number of hydrogen-bond acceptors (Lipinski definition) is 3. The van der Waals surface area contributed by atoms with E-state index in [0.29, 0.717) is 6.04 Å². The van der Waals surface area contributed by atoms with Crippen molar-refractivity contribution >= 4 is 11.3 Å². The molecule has 2 nitrogen and oxygen atoms in total. The van der Waals surface area contributed by atoms with Crippen molar-refractivity contribution in [3.8, 4) is 0 Å². The lowest BCUT2D eigenvalue weighted by Gasteiger charge is -2.21. The van der Waals surface area contributed by atoms with Crippen molar-refractivity contribution in [1.29, 1.82) is 0 Å². The molecule has 0 aliphatic heterocycles. The molecular formula is C14H24N2S. The highest BCUT2D eigenvalue weighted by Gasteiger charge is 2.23. The summed E-state index contributed by atoms with van der Waals surface area (Å²) in [4.78, 5) is 6.42. The average molecular weight is 252 g/mol. The monoisotopic (exact) mass is 252 g/mol. The van der Waals surface area contributed by atoms with Gasteiger partial charge in [-0.2, -0.15) is 0 Å². The van der Waals surface area contributed by atoms with Crippen molar-refractivity contribution < 1.29 is 0 Å². The normalized spacial score (nSPS) is 19.6. The van der Waals surface area contributed by atoms with Crippen LogP contribution >= 0.6 is 11.3 Å². The molecule has 0 fully saturated rings. The molecule has 0 amide bonds. The molecule has 0 aromatic carbocycles. The molecule has 1 N–H and O–H groups in total. The fourth-order valence-electron chi connectivity index (χ4n) is 2.43. The minimum atomic E-state index is 0.521. The summed E-state index contributed by atoms with van der Waals surface area (Å²) in [6.07, 6.45) is 6.24. The van der Waals surface area contributed by atoms with Gasteiger partial charge >= 0.3 is 0 Å². The quantitative estimate of drug-likeness (QED) is 0.864. The van der Waals surface area contributed by atoms with Gasteiger partial charge in [0, 0.05) is 4.88 Å². The van der Waals surface area contributed by atoms with Crippen molar-refractivity contribution in [2.24, 2.45) is 5.92 Å². The van der Waals surface area contributed by atoms with E-state index in [9.17, 15) is 0 Å². The van der Waals surface area contributed by atoms with Gasteiger partial charge in [-0.15, -0.1) is 11.3 Å². The van der Waals surface area contributed by atoms with E-state index < -0.39 is 0 Å². The summed E-state index contributed by atoms with van der Waals surface area (Å²) in [5.74, 6) is 0.778. The fraction of sp³-hybridized carbons (Fsp3) is 0.786. The zero-order valence-corrected chi connectivity index (χ0v) is 12.1. The van der Waals surface area contributed by atoms with E-state index in [0.717, 1.165) is 18.9 Å². The van der Waals surface area contributed by atoms with Crippen LogP contribution < -0.4 is 5.32 Å². The Morgan fingerprint density at radius 1 is 1.47 bits per heavy atom. The van der Waals surface area contributed by atoms with Crippen LogP contribution in [0.2, 0.25) is 0 Å². The van der Waals surface area contributed by atoms with Crippen molar-refractivity contribution in [3.63, 3.8) is 0 Å². The molecule has 3 heteroatoms. The standard InChI is InChI=1S/C14H24N2S/c1-4-15-11-6-5-7-12-14(11)16-13(17-12)9-8-10(2)3/h10-11,15H,4-9H2,1-3H3. The van der Waals surface area contributed by atoms with Crippen LogP contribution in [0.1, 0.15) is 61.7 Å². The first-order chi connectivity index (χ1) is 8.20. The second kappa shape index (κ2) is 5.96. The van der Waals surface area contributed by atoms with Gasteiger partial charge in [0.05, 0.1) is 16.7 Å². The van der Waals surface area contributed by atoms with E-state index in [-0.39, 0.29) is 0 Å². The Labute approximate surface area is 109 Å². The molecule has 17 heavy (non-hydrogen) atoms. The predicted octanol–water partition coefficient (Wildman–Crippen LogP) is 3.72. The van der Waals surface area contributed by atoms with E-state index in [1.54, 1.807) is 4.88 Å². The topological polar surface area (TPSA) is 24.9 Å². The lowest BCUT2D eigenvalue weighted by molar-refractivity contribution is 0.464. The van der Waals surface area contributed by atoms with Crippen molar-refractivity contribution in [3.05, 3.63) is 15.6 Å². The lowest BCUT2D eigenvalue weighted by Crippen LogP contribution is -2.24. The Balaban J connectivity index is 2.07. The number of thiazole rings is 1. The van der Waals surface area contributed by atoms with Gasteiger partial charge in [0.25, 0.3) is 0 Å². The Bertz CT molecular complexity index is 357. The maximum atomic E-state index is 4.88. The first kappa shape index (κ1) is 13.0. The second-order valence-electron chi connectivity index (χ2n) is 5.35. The molecule has 0 saturated carbocycles. The lowest BCUT2D eigenvalue weighted by atomic mass is 9.97. The molecule has 1 aliphatic rings. The second-order valence-corrected chi connectivity index (χ2v) is 6.52. The summed E-state index contributed by atoms with van der Waals surface area (Å²) in [6, 6.07) is 0.521. The van der Waals surface area contributed by atoms with Gasteiger partial charge in [0.15, 0.2) is 0 Å². The van der Waals surface area contributed by atoms with Crippen molar-refractivity contribution in [1.82, 2.24) is 10.3 Å². The molecule has 1 aromatic rings. The van der Waals surface area contributed by atoms with Gasteiger partial charge in [0.1, 0.15) is 0 Å². The highest BCUT2D eigenvalue weighted by atomic mass is 32.1. The number of nitrogens with zero attached hydrogens (tertiary/aromatic N) is 1. The van der Waals surface area contributed by atoms with Crippen molar-refractivity contribution in [2.45, 2.75) is 58.9 Å². The van der Waals surface area contributed by atoms with Crippen LogP contribution in [-0.2, 0) is 12.8 Å². The zero-order valence-electron chi connectivity index (χ0n) is 11.3. The summed E-state index contributed by atoms with van der Waals surface area (Å²) in [6.45, 7) is 7.80. The SMILES string of the molecule is CCNC1CCCc2sc(CCC(C)C)nc21. The molecule has 1 aromatic heterocycles. The van der Waals surface area contributed by atoms with Gasteiger partial charge in [-0.25, -0.2) is 4.98 Å². The molecule has 0 spiro atoms. The molecular weight excluding hydrogens is 228 g/mol. The Morgan fingerprint density at radius 3 is 3.00 bits per heavy atom. The largest absolute Gasteiger partial charge is 0.309 e. The molecule has 1 aliphatic carbocycles. The number of aromatic nitrogens is 1. The van der Waals surface area contributed by atoms with E-state index in [2.05, 4.69) is 26.1 Å². The first-order valence-corrected chi connectivity index (χ1v) is 7.74. The molecule has 1 atom stereocenters. The van der Waals surface area contributed by atoms with E-state index >= 15 is 0 Å². The van der Waals surface area contributed by atoms with E-state index in [1.807, 2.05) is 11.3 Å². The Hall–Kier alpha value is -0.410. The van der Waals surface area contributed by atoms with Crippen LogP contribution in [0.25, 0.3) is 0 Å². The first-order valence-electron chi connectivity index (χ1n) is 6.92. The van der Waals surface area contributed by atoms with Crippen LogP contribution in [-0.4, -0.2) is 11.5 Å². The summed E-state index contributed by atoms with van der Waals surface area (Å²) >= 11 is 1.96. The van der Waals surface area contributed by atoms with E-state index in [1.165, 1.54) is 36.4 Å². The van der Waals surface area contributed by atoms with Crippen LogP contribution in [0.15, 0.2) is 0 Å². The molecule has 96 valence electrons. The minimum Gasteiger partial charge on any atom is -0.309 e. The van der Waals surface area contributed by atoms with Gasteiger partial charge in [-0.05, 0) is 44.6 Å². The van der Waals surface area contributed by atoms with Crippen LogP contribution in [0.3, 0.4) is 0 Å². The number of nitrogens with one attached hydrogen (secondary N) is 1. The third-order valence-electron chi connectivity index (χ3n) is 3.38. The molecule has 0 saturated heterocycles. The summed E-state index contributed by atoms with van der Waals surface area (Å²) in [5, 5.41) is 4.92. The summed E-state index contributed by atoms with van der Waals surface area (Å²) in [5.41, 5.74) is 1.36. The minimum absolute atomic E-state index is 0.521. The number of fused-ring (bicyclic) bond motifs is 1. The third kappa shape index (κ3) is 3.29. The Morgan fingerprint density at radius 2 is 2.29 bits per heavy atom. The maximum Gasteiger partial charge on any atom is 0.0931 e. The van der Waals surface area contributed by atoms with Gasteiger partial charge in [-0.3, -0.25) is 0 Å². The fourth-order valence-corrected chi connectivity index (χ4v) is 3.62. The van der Waals surface area contributed by atoms with Gasteiger partial charge in [0.2, 0.25) is 0 Å². The summed E-state index contributed by atoms with van der Waals surface area (Å²) in [7, 11) is 0. The maximum absolute atomic E-state index is 4.88. The number of aryl methyl sites for hydroxylation is 2. The number of hydrogen-bond donors (Lipinski definition) is 1. The zero-order chi connectivity index (χ0) is 12.3. The van der Waals surface area contributed by atoms with Crippen LogP contribution in [0, 0.1) is 5.92 Å². The molecule has 1 heterocycles. The molecule has 0 radical (unpaired) electrons. The Kier molecular flexibility index (Phi) is 4.57. The molecule has 0 bridgehead atoms. The molecule has 1 unspecified atom stereocenters. The highest BCUT2D eigenvalue weighted by Crippen LogP contribution is 2.33. The predicted molar refractivity (Wildman–Crippen MR) is 74.6 cm³/mol. The third-order valence-corrected chi connectivity index (χ3v) is 4.58. The number of rotatable bonds is 5. The van der Waals surface area contributed by atoms with Crippen molar-refractivity contribution in [2.75, 3.05) is 6.54 Å². The van der Waals surface area contributed by atoms with Gasteiger partial charge < -0.3 is 5.32 Å². The molecule has 2 rings (SSSR count). The van der Waals surface area contributed by atoms with Crippen LogP contribution in [0.4, 0.5) is 0 Å². The average Bonchev–Trinajstić information content (AvgIpc) is 2.71. The van der Waals surface area contributed by atoms with E-state index in [4.69, 9.17) is 4.98 Å².